The zero-order valence-corrected chi connectivity index (χ0v) is 19.6. The number of hydrogen-bond acceptors (Lipinski definition) is 6. The number of fused-ring (bicyclic) bond motifs is 4. The van der Waals surface area contributed by atoms with Gasteiger partial charge < -0.3 is 25.6 Å². The summed E-state index contributed by atoms with van der Waals surface area (Å²) >= 11 is 1.40. The minimum Gasteiger partial charge on any atom is -0.487 e. The molecule has 0 bridgehead atoms. The number of carbonyl (C=O) groups excluding carboxylic acids is 3. The maximum absolute atomic E-state index is 13.1. The van der Waals surface area contributed by atoms with Crippen LogP contribution in [-0.4, -0.2) is 43.0 Å². The highest BCUT2D eigenvalue weighted by Gasteiger charge is 2.27. The Balaban J connectivity index is 1.44. The Hall–Kier alpha value is -3.85. The van der Waals surface area contributed by atoms with Crippen molar-refractivity contribution in [2.24, 2.45) is 0 Å². The molecule has 2 aliphatic heterocycles. The molecule has 34 heavy (non-hydrogen) atoms. The maximum atomic E-state index is 13.1. The van der Waals surface area contributed by atoms with Crippen molar-refractivity contribution in [3.63, 3.8) is 0 Å². The molecular formula is C25H24N4O4S. The first-order chi connectivity index (χ1) is 16.3. The van der Waals surface area contributed by atoms with E-state index in [0.717, 1.165) is 15.8 Å². The van der Waals surface area contributed by atoms with E-state index in [2.05, 4.69) is 22.5 Å². The molecule has 3 N–H and O–H groups in total. The van der Waals surface area contributed by atoms with Crippen LogP contribution < -0.4 is 25.6 Å². The molecule has 5 rings (SSSR count). The van der Waals surface area contributed by atoms with Gasteiger partial charge in [0.25, 0.3) is 17.7 Å². The minimum atomic E-state index is -0.292. The highest BCUT2D eigenvalue weighted by molar-refractivity contribution is 7.21. The number of ether oxygens (including phenoxy) is 1. The smallest absolute Gasteiger partial charge is 0.263 e. The second-order valence-corrected chi connectivity index (χ2v) is 9.54. The van der Waals surface area contributed by atoms with Gasteiger partial charge in [-0.2, -0.15) is 0 Å². The zero-order valence-electron chi connectivity index (χ0n) is 18.8. The quantitative estimate of drug-likeness (QED) is 0.497. The van der Waals surface area contributed by atoms with Crippen LogP contribution in [0.5, 0.6) is 5.75 Å². The van der Waals surface area contributed by atoms with Gasteiger partial charge in [-0.15, -0.1) is 11.3 Å². The summed E-state index contributed by atoms with van der Waals surface area (Å²) in [5.74, 6) is -0.0499. The summed E-state index contributed by atoms with van der Waals surface area (Å²) in [5.41, 5.74) is 2.35. The van der Waals surface area contributed by atoms with Crippen LogP contribution >= 0.6 is 11.3 Å². The van der Waals surface area contributed by atoms with Crippen LogP contribution in [0.25, 0.3) is 10.1 Å². The monoisotopic (exact) mass is 476 g/mol. The third-order valence-electron chi connectivity index (χ3n) is 5.84. The van der Waals surface area contributed by atoms with Crippen molar-refractivity contribution in [3.05, 3.63) is 59.5 Å². The molecule has 3 aromatic rings. The summed E-state index contributed by atoms with van der Waals surface area (Å²) in [6.07, 6.45) is 1.11. The Kier molecular flexibility index (Phi) is 5.49. The third kappa shape index (κ3) is 3.88. The van der Waals surface area contributed by atoms with E-state index in [1.807, 2.05) is 19.9 Å². The van der Waals surface area contributed by atoms with Gasteiger partial charge >= 0.3 is 0 Å². The average molecular weight is 477 g/mol. The van der Waals surface area contributed by atoms with E-state index < -0.39 is 0 Å². The Labute approximate surface area is 200 Å². The lowest BCUT2D eigenvalue weighted by atomic mass is 10.1. The zero-order chi connectivity index (χ0) is 24.0. The molecular weight excluding hydrogens is 452 g/mol. The summed E-state index contributed by atoms with van der Waals surface area (Å²) < 4.78 is 6.77. The van der Waals surface area contributed by atoms with E-state index in [4.69, 9.17) is 4.74 Å². The molecule has 0 aliphatic carbocycles. The molecule has 3 heterocycles. The number of benzene rings is 2. The molecule has 2 unspecified atom stereocenters. The van der Waals surface area contributed by atoms with E-state index in [9.17, 15) is 14.4 Å². The van der Waals surface area contributed by atoms with Gasteiger partial charge in [0.05, 0.1) is 17.9 Å². The fourth-order valence-corrected chi connectivity index (χ4v) is 5.27. The molecule has 3 amide bonds. The van der Waals surface area contributed by atoms with E-state index in [1.54, 1.807) is 35.2 Å². The Morgan fingerprint density at radius 1 is 1.24 bits per heavy atom. The van der Waals surface area contributed by atoms with E-state index >= 15 is 0 Å². The number of anilines is 3. The standard InChI is InChI=1S/C25H24N4O4S/c1-4-21(30)29-12-14(3)33-19-7-6-16(10-18(19)29)28-24(31)15-5-8-20-17(9-15)22-23(34-20)25(32)27-13(2)11-26-22/h4-10,13-14,26H,1,11-12H2,2-3H3,(H,27,32)(H,28,31). The van der Waals surface area contributed by atoms with Gasteiger partial charge in [0.1, 0.15) is 16.7 Å². The second-order valence-electron chi connectivity index (χ2n) is 8.49. The lowest BCUT2D eigenvalue weighted by Gasteiger charge is -2.33. The molecule has 2 atom stereocenters. The molecule has 2 aliphatic rings. The first kappa shape index (κ1) is 22.0. The molecule has 0 saturated carbocycles. The maximum Gasteiger partial charge on any atom is 0.263 e. The van der Waals surface area contributed by atoms with Crippen LogP contribution in [0, 0.1) is 0 Å². The van der Waals surface area contributed by atoms with Gasteiger partial charge in [0.2, 0.25) is 0 Å². The predicted molar refractivity (Wildman–Crippen MR) is 134 cm³/mol. The molecule has 0 spiro atoms. The molecule has 1 aromatic heterocycles. The summed E-state index contributed by atoms with van der Waals surface area (Å²) in [5, 5.41) is 10.0. The van der Waals surface area contributed by atoms with Gasteiger partial charge in [0, 0.05) is 33.9 Å². The van der Waals surface area contributed by atoms with Crippen molar-refractivity contribution in [3.8, 4) is 5.75 Å². The normalized spacial score (nSPS) is 19.1. The van der Waals surface area contributed by atoms with Crippen LogP contribution in [0.2, 0.25) is 0 Å². The van der Waals surface area contributed by atoms with Gasteiger partial charge in [0.15, 0.2) is 0 Å². The summed E-state index contributed by atoms with van der Waals surface area (Å²) in [6, 6.07) is 10.6. The van der Waals surface area contributed by atoms with Crippen molar-refractivity contribution < 1.29 is 19.1 Å². The average Bonchev–Trinajstić information content (AvgIpc) is 3.13. The van der Waals surface area contributed by atoms with Gasteiger partial charge in [-0.1, -0.05) is 6.58 Å². The molecule has 2 aromatic carbocycles. The van der Waals surface area contributed by atoms with Crippen LogP contribution in [0.15, 0.2) is 49.1 Å². The number of thiophene rings is 1. The SMILES string of the molecule is C=CC(=O)N1CC(C)Oc2ccc(NC(=O)c3ccc4sc5c(c4c3)NCC(C)NC5=O)cc21. The van der Waals surface area contributed by atoms with Crippen molar-refractivity contribution in [1.82, 2.24) is 5.32 Å². The van der Waals surface area contributed by atoms with Crippen LogP contribution in [-0.2, 0) is 4.79 Å². The number of nitrogens with one attached hydrogen (secondary N) is 3. The second kappa shape index (κ2) is 8.49. The molecule has 174 valence electrons. The lowest BCUT2D eigenvalue weighted by Crippen LogP contribution is -2.41. The molecule has 9 heteroatoms. The summed E-state index contributed by atoms with van der Waals surface area (Å²) in [4.78, 5) is 40.2. The largest absolute Gasteiger partial charge is 0.487 e. The fraction of sp³-hybridized carbons (Fsp3) is 0.240. The number of nitrogens with zero attached hydrogens (tertiary/aromatic N) is 1. The summed E-state index contributed by atoms with van der Waals surface area (Å²) in [7, 11) is 0. The number of carbonyl (C=O) groups is 3. The Morgan fingerprint density at radius 2 is 2.06 bits per heavy atom. The van der Waals surface area contributed by atoms with Crippen molar-refractivity contribution in [2.45, 2.75) is 26.0 Å². The number of hydrogen-bond donors (Lipinski definition) is 3. The minimum absolute atomic E-state index is 0.0112. The van der Waals surface area contributed by atoms with Crippen LogP contribution in [0.1, 0.15) is 33.9 Å². The van der Waals surface area contributed by atoms with Gasteiger partial charge in [-0.05, 0) is 56.3 Å². The molecule has 0 radical (unpaired) electrons. The topological polar surface area (TPSA) is 99.8 Å². The number of rotatable bonds is 3. The van der Waals surface area contributed by atoms with Crippen molar-refractivity contribution in [2.75, 3.05) is 28.6 Å². The first-order valence-corrected chi connectivity index (χ1v) is 11.8. The van der Waals surface area contributed by atoms with E-state index in [-0.39, 0.29) is 29.9 Å². The molecule has 0 saturated heterocycles. The van der Waals surface area contributed by atoms with Gasteiger partial charge in [-0.3, -0.25) is 14.4 Å². The molecule has 8 nitrogen and oxygen atoms in total. The van der Waals surface area contributed by atoms with Gasteiger partial charge in [-0.25, -0.2) is 0 Å². The Bertz CT molecular complexity index is 1350. The van der Waals surface area contributed by atoms with Crippen molar-refractivity contribution >= 4 is 56.2 Å². The number of amides is 3. The Morgan fingerprint density at radius 3 is 2.85 bits per heavy atom. The third-order valence-corrected chi connectivity index (χ3v) is 7.00. The lowest BCUT2D eigenvalue weighted by molar-refractivity contribution is -0.114. The van der Waals surface area contributed by atoms with E-state index in [1.165, 1.54) is 17.4 Å². The molecule has 0 fully saturated rings. The predicted octanol–water partition coefficient (Wildman–Crippen LogP) is 4.00. The summed E-state index contributed by atoms with van der Waals surface area (Å²) in [6.45, 7) is 8.42. The first-order valence-electron chi connectivity index (χ1n) is 11.0. The van der Waals surface area contributed by atoms with Crippen LogP contribution in [0.4, 0.5) is 17.1 Å². The highest BCUT2D eigenvalue weighted by Crippen LogP contribution is 2.38. The van der Waals surface area contributed by atoms with Crippen LogP contribution in [0.3, 0.4) is 0 Å². The highest BCUT2D eigenvalue weighted by atomic mass is 32.1. The van der Waals surface area contributed by atoms with E-state index in [0.29, 0.717) is 40.7 Å². The fourth-order valence-electron chi connectivity index (χ4n) is 4.21. The van der Waals surface area contributed by atoms with Crippen molar-refractivity contribution in [1.29, 1.82) is 0 Å².